The van der Waals surface area contributed by atoms with Crippen LogP contribution in [-0.4, -0.2) is 30.6 Å². The van der Waals surface area contributed by atoms with E-state index in [1.807, 2.05) is 13.8 Å². The van der Waals surface area contributed by atoms with Gasteiger partial charge < -0.3 is 10.2 Å². The van der Waals surface area contributed by atoms with Gasteiger partial charge in [-0.25, -0.2) is 4.79 Å². The SMILES string of the molecule is CCCC(C)(C)NC(=O)N(C)C. The van der Waals surface area contributed by atoms with E-state index in [0.717, 1.165) is 12.8 Å². The molecule has 0 unspecified atom stereocenters. The van der Waals surface area contributed by atoms with Crippen LogP contribution >= 0.6 is 0 Å². The van der Waals surface area contributed by atoms with Crippen LogP contribution in [0.5, 0.6) is 0 Å². The fourth-order valence-corrected chi connectivity index (χ4v) is 1.09. The normalized spacial score (nSPS) is 11.1. The van der Waals surface area contributed by atoms with Crippen LogP contribution in [-0.2, 0) is 0 Å². The van der Waals surface area contributed by atoms with E-state index in [9.17, 15) is 4.79 Å². The van der Waals surface area contributed by atoms with Gasteiger partial charge in [-0.2, -0.15) is 0 Å². The van der Waals surface area contributed by atoms with Crippen LogP contribution in [0.3, 0.4) is 0 Å². The molecule has 3 nitrogen and oxygen atoms in total. The number of urea groups is 1. The van der Waals surface area contributed by atoms with Crippen molar-refractivity contribution in [1.82, 2.24) is 10.2 Å². The molecule has 0 rings (SSSR count). The van der Waals surface area contributed by atoms with Gasteiger partial charge in [-0.15, -0.1) is 0 Å². The van der Waals surface area contributed by atoms with Crippen molar-refractivity contribution < 1.29 is 4.79 Å². The van der Waals surface area contributed by atoms with Crippen LogP contribution in [0.4, 0.5) is 4.79 Å². The number of carbonyl (C=O) groups is 1. The van der Waals surface area contributed by atoms with Crippen molar-refractivity contribution in [2.24, 2.45) is 0 Å². The maximum atomic E-state index is 11.2. The van der Waals surface area contributed by atoms with E-state index in [-0.39, 0.29) is 11.6 Å². The van der Waals surface area contributed by atoms with E-state index >= 15 is 0 Å². The van der Waals surface area contributed by atoms with Crippen molar-refractivity contribution >= 4 is 6.03 Å². The summed E-state index contributed by atoms with van der Waals surface area (Å²) < 4.78 is 0. The molecule has 72 valence electrons. The molecule has 2 amide bonds. The van der Waals surface area contributed by atoms with Gasteiger partial charge >= 0.3 is 6.03 Å². The lowest BCUT2D eigenvalue weighted by Crippen LogP contribution is -2.47. The third-order valence-corrected chi connectivity index (χ3v) is 1.73. The van der Waals surface area contributed by atoms with Crippen molar-refractivity contribution in [2.45, 2.75) is 39.2 Å². The van der Waals surface area contributed by atoms with Crippen LogP contribution in [0, 0.1) is 0 Å². The molecule has 0 aromatic heterocycles. The maximum absolute atomic E-state index is 11.2. The van der Waals surface area contributed by atoms with E-state index in [2.05, 4.69) is 12.2 Å². The minimum absolute atomic E-state index is 0.0200. The van der Waals surface area contributed by atoms with E-state index < -0.39 is 0 Å². The summed E-state index contributed by atoms with van der Waals surface area (Å²) in [6.07, 6.45) is 2.09. The van der Waals surface area contributed by atoms with Gasteiger partial charge in [0.1, 0.15) is 0 Å². The molecule has 1 N–H and O–H groups in total. The molecule has 0 aliphatic heterocycles. The highest BCUT2D eigenvalue weighted by atomic mass is 16.2. The summed E-state index contributed by atoms with van der Waals surface area (Å²) in [6.45, 7) is 6.19. The van der Waals surface area contributed by atoms with Gasteiger partial charge in [-0.1, -0.05) is 13.3 Å². The average Bonchev–Trinajstić information content (AvgIpc) is 1.85. The second-order valence-corrected chi connectivity index (χ2v) is 3.96. The van der Waals surface area contributed by atoms with Crippen LogP contribution < -0.4 is 5.32 Å². The first-order valence-corrected chi connectivity index (χ1v) is 4.38. The predicted molar refractivity (Wildman–Crippen MR) is 51.2 cm³/mol. The van der Waals surface area contributed by atoms with Crippen molar-refractivity contribution in [3.8, 4) is 0 Å². The highest BCUT2D eigenvalue weighted by Crippen LogP contribution is 2.10. The number of hydrogen-bond acceptors (Lipinski definition) is 1. The van der Waals surface area contributed by atoms with Crippen molar-refractivity contribution in [1.29, 1.82) is 0 Å². The highest BCUT2D eigenvalue weighted by molar-refractivity contribution is 5.74. The van der Waals surface area contributed by atoms with Gasteiger partial charge in [-0.05, 0) is 20.3 Å². The molecule has 0 fully saturated rings. The van der Waals surface area contributed by atoms with Crippen LogP contribution in [0.25, 0.3) is 0 Å². The third-order valence-electron chi connectivity index (χ3n) is 1.73. The van der Waals surface area contributed by atoms with Crippen molar-refractivity contribution in [3.63, 3.8) is 0 Å². The Morgan fingerprint density at radius 1 is 1.42 bits per heavy atom. The zero-order valence-corrected chi connectivity index (χ0v) is 8.77. The molecule has 0 atom stereocenters. The molecule has 0 saturated heterocycles. The summed E-state index contributed by atoms with van der Waals surface area (Å²) >= 11 is 0. The van der Waals surface area contributed by atoms with Gasteiger partial charge in [0, 0.05) is 19.6 Å². The standard InChI is InChI=1S/C9H20N2O/c1-6-7-9(2,3)10-8(12)11(4)5/h6-7H2,1-5H3,(H,10,12). The molecule has 0 bridgehead atoms. The summed E-state index contributed by atoms with van der Waals surface area (Å²) in [5.74, 6) is 0. The Hall–Kier alpha value is -0.730. The fourth-order valence-electron chi connectivity index (χ4n) is 1.09. The van der Waals surface area contributed by atoms with Crippen molar-refractivity contribution in [2.75, 3.05) is 14.1 Å². The second-order valence-electron chi connectivity index (χ2n) is 3.96. The van der Waals surface area contributed by atoms with Gasteiger partial charge in [0.2, 0.25) is 0 Å². The van der Waals surface area contributed by atoms with Crippen LogP contribution in [0.2, 0.25) is 0 Å². The highest BCUT2D eigenvalue weighted by Gasteiger charge is 2.19. The first-order valence-electron chi connectivity index (χ1n) is 4.38. The lowest BCUT2D eigenvalue weighted by Gasteiger charge is -2.27. The minimum atomic E-state index is -0.0872. The van der Waals surface area contributed by atoms with Gasteiger partial charge in [0.05, 0.1) is 0 Å². The molecule has 0 heterocycles. The molecule has 0 aromatic carbocycles. The van der Waals surface area contributed by atoms with E-state index in [4.69, 9.17) is 0 Å². The van der Waals surface area contributed by atoms with Gasteiger partial charge in [0.15, 0.2) is 0 Å². The Morgan fingerprint density at radius 3 is 2.25 bits per heavy atom. The van der Waals surface area contributed by atoms with E-state index in [1.165, 1.54) is 0 Å². The average molecular weight is 172 g/mol. The topological polar surface area (TPSA) is 32.3 Å². The number of nitrogens with zero attached hydrogens (tertiary/aromatic N) is 1. The lowest BCUT2D eigenvalue weighted by molar-refractivity contribution is 0.203. The first kappa shape index (κ1) is 11.3. The Balaban J connectivity index is 3.96. The quantitative estimate of drug-likeness (QED) is 0.692. The van der Waals surface area contributed by atoms with E-state index in [1.54, 1.807) is 19.0 Å². The number of rotatable bonds is 3. The second kappa shape index (κ2) is 4.33. The zero-order chi connectivity index (χ0) is 9.78. The Morgan fingerprint density at radius 2 is 1.92 bits per heavy atom. The molecule has 0 spiro atoms. The fraction of sp³-hybridized carbons (Fsp3) is 0.889. The maximum Gasteiger partial charge on any atom is 0.317 e. The van der Waals surface area contributed by atoms with E-state index in [0.29, 0.717) is 0 Å². The summed E-state index contributed by atoms with van der Waals surface area (Å²) in [6, 6.07) is -0.0200. The number of hydrogen-bond donors (Lipinski definition) is 1. The molecule has 12 heavy (non-hydrogen) atoms. The first-order chi connectivity index (χ1) is 5.39. The zero-order valence-electron chi connectivity index (χ0n) is 8.77. The largest absolute Gasteiger partial charge is 0.333 e. The summed E-state index contributed by atoms with van der Waals surface area (Å²) in [5.41, 5.74) is -0.0872. The molecular weight excluding hydrogens is 152 g/mol. The molecule has 0 aliphatic carbocycles. The number of amides is 2. The number of nitrogens with one attached hydrogen (secondary N) is 1. The monoisotopic (exact) mass is 172 g/mol. The third kappa shape index (κ3) is 4.21. The summed E-state index contributed by atoms with van der Waals surface area (Å²) in [4.78, 5) is 12.8. The van der Waals surface area contributed by atoms with Crippen LogP contribution in [0.1, 0.15) is 33.6 Å². The molecule has 0 radical (unpaired) electrons. The lowest BCUT2D eigenvalue weighted by atomic mass is 9.99. The molecule has 3 heteroatoms. The Bertz CT molecular complexity index is 153. The van der Waals surface area contributed by atoms with Crippen LogP contribution in [0.15, 0.2) is 0 Å². The smallest absolute Gasteiger partial charge is 0.317 e. The molecular formula is C9H20N2O. The molecule has 0 aliphatic rings. The summed E-state index contributed by atoms with van der Waals surface area (Å²) in [7, 11) is 3.49. The predicted octanol–water partition coefficient (Wildman–Crippen LogP) is 1.84. The molecule has 0 aromatic rings. The Kier molecular flexibility index (Phi) is 4.07. The van der Waals surface area contributed by atoms with Gasteiger partial charge in [-0.3, -0.25) is 0 Å². The summed E-state index contributed by atoms with van der Waals surface area (Å²) in [5, 5.41) is 2.94. The van der Waals surface area contributed by atoms with Crippen molar-refractivity contribution in [3.05, 3.63) is 0 Å². The van der Waals surface area contributed by atoms with Gasteiger partial charge in [0.25, 0.3) is 0 Å². The Labute approximate surface area is 75.1 Å². The minimum Gasteiger partial charge on any atom is -0.333 e. The number of carbonyl (C=O) groups excluding carboxylic acids is 1. The molecule has 0 saturated carbocycles.